The van der Waals surface area contributed by atoms with Crippen LogP contribution in [-0.4, -0.2) is 31.9 Å². The SMILES string of the molecule is CCC[C@@H](NC(=O)c1ccc(C2=C(Cl)CCC=C2c2nc3ccncc3[nH]2)c(C(=O)O)c1)c1ccccc1. The lowest BCUT2D eigenvalue weighted by Gasteiger charge is -2.21. The van der Waals surface area contributed by atoms with Crippen molar-refractivity contribution >= 4 is 45.7 Å². The van der Waals surface area contributed by atoms with E-state index in [1.807, 2.05) is 36.4 Å². The van der Waals surface area contributed by atoms with Crippen molar-refractivity contribution in [2.45, 2.75) is 38.6 Å². The third-order valence-electron chi connectivity index (χ3n) is 6.66. The van der Waals surface area contributed by atoms with Crippen LogP contribution in [0.15, 0.2) is 78.1 Å². The first-order valence-electron chi connectivity index (χ1n) is 12.6. The molecule has 0 unspecified atom stereocenters. The monoisotopic (exact) mass is 526 g/mol. The first-order chi connectivity index (χ1) is 18.5. The summed E-state index contributed by atoms with van der Waals surface area (Å²) in [7, 11) is 0. The van der Waals surface area contributed by atoms with E-state index in [0.29, 0.717) is 34.8 Å². The molecule has 1 aliphatic rings. The number of fused-ring (bicyclic) bond motifs is 1. The molecule has 2 aromatic heterocycles. The summed E-state index contributed by atoms with van der Waals surface area (Å²) in [4.78, 5) is 37.7. The lowest BCUT2D eigenvalue weighted by Crippen LogP contribution is -2.28. The number of carboxylic acids is 1. The number of rotatable bonds is 8. The lowest BCUT2D eigenvalue weighted by atomic mass is 9.87. The molecular weight excluding hydrogens is 500 g/mol. The van der Waals surface area contributed by atoms with Gasteiger partial charge in [-0.15, -0.1) is 0 Å². The number of benzene rings is 2. The van der Waals surface area contributed by atoms with Crippen LogP contribution in [0.5, 0.6) is 0 Å². The molecule has 4 aromatic rings. The number of H-pyrrole nitrogens is 1. The number of aromatic amines is 1. The molecule has 0 bridgehead atoms. The van der Waals surface area contributed by atoms with Gasteiger partial charge in [0.1, 0.15) is 5.82 Å². The zero-order valence-electron chi connectivity index (χ0n) is 20.9. The summed E-state index contributed by atoms with van der Waals surface area (Å²) in [6, 6.07) is 16.1. The van der Waals surface area contributed by atoms with Gasteiger partial charge in [0.25, 0.3) is 5.91 Å². The van der Waals surface area contributed by atoms with E-state index in [9.17, 15) is 14.7 Å². The van der Waals surface area contributed by atoms with Crippen molar-refractivity contribution in [3.05, 3.63) is 106 Å². The van der Waals surface area contributed by atoms with E-state index in [-0.39, 0.29) is 23.1 Å². The van der Waals surface area contributed by atoms with Gasteiger partial charge < -0.3 is 15.4 Å². The normalized spacial score (nSPS) is 14.3. The molecule has 7 nitrogen and oxygen atoms in total. The molecule has 0 fully saturated rings. The van der Waals surface area contributed by atoms with Crippen LogP contribution in [0.3, 0.4) is 0 Å². The number of imidazole rings is 1. The number of hydrogen-bond donors (Lipinski definition) is 3. The number of hydrogen-bond acceptors (Lipinski definition) is 4. The standard InChI is InChI=1S/C30H27ClN4O3/c1-2-7-24(18-8-4-3-5-9-18)35-29(36)19-12-13-20(22(16-19)30(37)38)27-21(10-6-11-23(27)31)28-33-25-14-15-32-17-26(25)34-28/h3-5,8-10,12-17,24H,2,6-7,11H2,1H3,(H,33,34)(H,35,36)(H,37,38)/t24-/m1/s1. The van der Waals surface area contributed by atoms with E-state index in [1.54, 1.807) is 30.6 Å². The number of pyridine rings is 1. The highest BCUT2D eigenvalue weighted by atomic mass is 35.5. The number of nitrogens with zero attached hydrogens (tertiary/aromatic N) is 2. The summed E-state index contributed by atoms with van der Waals surface area (Å²) in [6.45, 7) is 2.06. The van der Waals surface area contributed by atoms with Gasteiger partial charge in [-0.1, -0.05) is 67.4 Å². The number of carbonyl (C=O) groups excluding carboxylic acids is 1. The van der Waals surface area contributed by atoms with E-state index >= 15 is 0 Å². The molecule has 0 saturated heterocycles. The maximum absolute atomic E-state index is 13.2. The highest BCUT2D eigenvalue weighted by Crippen LogP contribution is 2.41. The molecule has 0 radical (unpaired) electrons. The fraction of sp³-hybridized carbons (Fsp3) is 0.200. The van der Waals surface area contributed by atoms with Gasteiger partial charge in [0, 0.05) is 27.9 Å². The Kier molecular flexibility index (Phi) is 7.38. The smallest absolute Gasteiger partial charge is 0.336 e. The molecule has 5 rings (SSSR count). The van der Waals surface area contributed by atoms with Crippen LogP contribution in [0.25, 0.3) is 22.2 Å². The Bertz CT molecular complexity index is 1540. The van der Waals surface area contributed by atoms with Crippen LogP contribution in [0, 0.1) is 0 Å². The van der Waals surface area contributed by atoms with Crippen LogP contribution in [0.2, 0.25) is 0 Å². The molecule has 1 aliphatic carbocycles. The Morgan fingerprint density at radius 3 is 2.71 bits per heavy atom. The summed E-state index contributed by atoms with van der Waals surface area (Å²) in [6.07, 6.45) is 8.31. The zero-order chi connectivity index (χ0) is 26.6. The van der Waals surface area contributed by atoms with Crippen molar-refractivity contribution in [1.82, 2.24) is 20.3 Å². The van der Waals surface area contributed by atoms with Gasteiger partial charge in [0.15, 0.2) is 0 Å². The fourth-order valence-corrected chi connectivity index (χ4v) is 5.14. The average Bonchev–Trinajstić information content (AvgIpc) is 3.37. The fourth-order valence-electron chi connectivity index (χ4n) is 4.83. The van der Waals surface area contributed by atoms with Gasteiger partial charge in [0.2, 0.25) is 0 Å². The van der Waals surface area contributed by atoms with Crippen LogP contribution >= 0.6 is 11.6 Å². The predicted octanol–water partition coefficient (Wildman–Crippen LogP) is 6.75. The van der Waals surface area contributed by atoms with Gasteiger partial charge in [0.05, 0.1) is 28.8 Å². The van der Waals surface area contributed by atoms with Crippen LogP contribution in [-0.2, 0) is 0 Å². The van der Waals surface area contributed by atoms with Crippen molar-refractivity contribution < 1.29 is 14.7 Å². The van der Waals surface area contributed by atoms with E-state index in [0.717, 1.165) is 35.0 Å². The highest BCUT2D eigenvalue weighted by Gasteiger charge is 2.26. The number of aromatic carboxylic acids is 1. The first kappa shape index (κ1) is 25.4. The first-order valence-corrected chi connectivity index (χ1v) is 13.0. The topological polar surface area (TPSA) is 108 Å². The molecule has 0 spiro atoms. The Morgan fingerprint density at radius 2 is 1.97 bits per heavy atom. The molecule has 192 valence electrons. The van der Waals surface area contributed by atoms with Gasteiger partial charge >= 0.3 is 5.97 Å². The van der Waals surface area contributed by atoms with Crippen molar-refractivity contribution in [2.75, 3.05) is 0 Å². The van der Waals surface area contributed by atoms with E-state index < -0.39 is 5.97 Å². The minimum Gasteiger partial charge on any atom is -0.478 e. The Hall–Kier alpha value is -4.23. The summed E-state index contributed by atoms with van der Waals surface area (Å²) in [5.41, 5.74) is 4.58. The van der Waals surface area contributed by atoms with Crippen molar-refractivity contribution in [1.29, 1.82) is 0 Å². The highest BCUT2D eigenvalue weighted by molar-refractivity contribution is 6.36. The third kappa shape index (κ3) is 5.10. The summed E-state index contributed by atoms with van der Waals surface area (Å²) in [5.74, 6) is -0.881. The van der Waals surface area contributed by atoms with Gasteiger partial charge in [-0.3, -0.25) is 9.78 Å². The third-order valence-corrected chi connectivity index (χ3v) is 7.04. The minimum absolute atomic E-state index is 0.00290. The number of allylic oxidation sites excluding steroid dienone is 4. The van der Waals surface area contributed by atoms with Crippen LogP contribution < -0.4 is 5.32 Å². The largest absolute Gasteiger partial charge is 0.478 e. The summed E-state index contributed by atoms with van der Waals surface area (Å²) < 4.78 is 0. The predicted molar refractivity (Wildman–Crippen MR) is 149 cm³/mol. The minimum atomic E-state index is -1.14. The van der Waals surface area contributed by atoms with Gasteiger partial charge in [-0.05, 0) is 48.6 Å². The Balaban J connectivity index is 1.51. The second-order valence-electron chi connectivity index (χ2n) is 9.21. The zero-order valence-corrected chi connectivity index (χ0v) is 21.6. The number of carbonyl (C=O) groups is 2. The van der Waals surface area contributed by atoms with Crippen molar-refractivity contribution in [3.63, 3.8) is 0 Å². The molecule has 2 aromatic carbocycles. The van der Waals surface area contributed by atoms with Gasteiger partial charge in [-0.25, -0.2) is 9.78 Å². The van der Waals surface area contributed by atoms with Crippen molar-refractivity contribution in [2.24, 2.45) is 0 Å². The lowest BCUT2D eigenvalue weighted by molar-refractivity contribution is 0.0696. The number of nitrogens with one attached hydrogen (secondary N) is 2. The number of amides is 1. The van der Waals surface area contributed by atoms with E-state index in [1.165, 1.54) is 6.07 Å². The quantitative estimate of drug-likeness (QED) is 0.235. The maximum Gasteiger partial charge on any atom is 0.336 e. The molecule has 38 heavy (non-hydrogen) atoms. The van der Waals surface area contributed by atoms with Gasteiger partial charge in [-0.2, -0.15) is 0 Å². The van der Waals surface area contributed by atoms with Crippen molar-refractivity contribution in [3.8, 4) is 0 Å². The summed E-state index contributed by atoms with van der Waals surface area (Å²) >= 11 is 6.72. The molecule has 2 heterocycles. The van der Waals surface area contributed by atoms with E-state index in [2.05, 4.69) is 27.2 Å². The average molecular weight is 527 g/mol. The molecule has 8 heteroatoms. The second-order valence-corrected chi connectivity index (χ2v) is 9.66. The molecule has 0 saturated carbocycles. The number of halogens is 1. The molecule has 0 aliphatic heterocycles. The van der Waals surface area contributed by atoms with Crippen LogP contribution in [0.1, 0.15) is 76.3 Å². The molecule has 1 atom stereocenters. The Labute approximate surface area is 225 Å². The second kappa shape index (κ2) is 11.0. The number of aromatic nitrogens is 3. The molecule has 1 amide bonds. The van der Waals surface area contributed by atoms with Crippen LogP contribution in [0.4, 0.5) is 0 Å². The Morgan fingerprint density at radius 1 is 1.16 bits per heavy atom. The maximum atomic E-state index is 13.2. The van der Waals surface area contributed by atoms with E-state index in [4.69, 9.17) is 11.6 Å². The summed E-state index contributed by atoms with van der Waals surface area (Å²) in [5, 5.41) is 13.8. The molecule has 3 N–H and O–H groups in total. The molecular formula is C30H27ClN4O3. The number of carboxylic acid groups (broad SMARTS) is 1.